The highest BCUT2D eigenvalue weighted by atomic mass is 15.3. The summed E-state index contributed by atoms with van der Waals surface area (Å²) in [4.78, 5) is 11.5. The molecule has 3 rings (SSSR count). The molecular formula is C20H28N4. The number of rotatable bonds is 7. The fraction of sp³-hybridized carbons (Fsp3) is 0.500. The van der Waals surface area contributed by atoms with Gasteiger partial charge >= 0.3 is 0 Å². The Balaban J connectivity index is 1.52. The fourth-order valence-electron chi connectivity index (χ4n) is 3.28. The zero-order valence-electron chi connectivity index (χ0n) is 14.6. The third kappa shape index (κ3) is 4.70. The molecule has 0 radical (unpaired) electrons. The van der Waals surface area contributed by atoms with Crippen LogP contribution in [0, 0.1) is 5.92 Å². The molecule has 0 bridgehead atoms. The molecule has 1 fully saturated rings. The summed E-state index contributed by atoms with van der Waals surface area (Å²) in [6.07, 6.45) is 7.85. The van der Waals surface area contributed by atoms with Crippen LogP contribution in [0.5, 0.6) is 0 Å². The zero-order valence-corrected chi connectivity index (χ0v) is 14.6. The van der Waals surface area contributed by atoms with Crippen LogP contribution in [-0.4, -0.2) is 29.6 Å². The zero-order chi connectivity index (χ0) is 16.6. The predicted molar refractivity (Wildman–Crippen MR) is 101 cm³/mol. The molecule has 1 aliphatic rings. The number of unbranched alkanes of at least 4 members (excludes halogenated alkanes) is 1. The number of nitrogens with zero attached hydrogens (tertiary/aromatic N) is 3. The second-order valence-electron chi connectivity index (χ2n) is 6.64. The highest BCUT2D eigenvalue weighted by Crippen LogP contribution is 2.24. The van der Waals surface area contributed by atoms with E-state index in [2.05, 4.69) is 57.4 Å². The second-order valence-corrected chi connectivity index (χ2v) is 6.64. The molecule has 4 nitrogen and oxygen atoms in total. The first-order chi connectivity index (χ1) is 11.8. The van der Waals surface area contributed by atoms with Crippen molar-refractivity contribution in [2.75, 3.05) is 29.9 Å². The van der Waals surface area contributed by atoms with Gasteiger partial charge in [-0.25, -0.2) is 4.98 Å². The van der Waals surface area contributed by atoms with Gasteiger partial charge < -0.3 is 10.2 Å². The summed E-state index contributed by atoms with van der Waals surface area (Å²) in [5.74, 6) is 2.59. The molecule has 0 amide bonds. The van der Waals surface area contributed by atoms with Crippen molar-refractivity contribution in [2.24, 2.45) is 5.92 Å². The monoisotopic (exact) mass is 324 g/mol. The van der Waals surface area contributed by atoms with Gasteiger partial charge in [-0.15, -0.1) is 0 Å². The molecule has 24 heavy (non-hydrogen) atoms. The Kier molecular flexibility index (Phi) is 6.05. The van der Waals surface area contributed by atoms with E-state index in [1.807, 2.05) is 12.3 Å². The number of nitrogens with one attached hydrogen (secondary N) is 1. The maximum Gasteiger partial charge on any atom is 0.227 e. The van der Waals surface area contributed by atoms with Crippen LogP contribution in [0.4, 0.5) is 11.8 Å². The summed E-state index contributed by atoms with van der Waals surface area (Å²) in [5.41, 5.74) is 1.45. The van der Waals surface area contributed by atoms with Crippen LogP contribution in [0.25, 0.3) is 0 Å². The lowest BCUT2D eigenvalue weighted by Gasteiger charge is -2.32. The molecule has 4 heteroatoms. The molecule has 0 atom stereocenters. The average molecular weight is 324 g/mol. The second kappa shape index (κ2) is 8.67. The van der Waals surface area contributed by atoms with Gasteiger partial charge in [-0.2, -0.15) is 4.98 Å². The van der Waals surface area contributed by atoms with Crippen LogP contribution >= 0.6 is 0 Å². The Bertz CT molecular complexity index is 606. The SMILES string of the molecule is CCCCNc1ccnc(N2CCC(Cc3ccccc3)CC2)n1. The molecule has 0 saturated carbocycles. The van der Waals surface area contributed by atoms with Crippen molar-refractivity contribution in [3.05, 3.63) is 48.2 Å². The Hall–Kier alpha value is -2.10. The van der Waals surface area contributed by atoms with Crippen molar-refractivity contribution >= 4 is 11.8 Å². The van der Waals surface area contributed by atoms with E-state index in [4.69, 9.17) is 0 Å². The Morgan fingerprint density at radius 2 is 1.92 bits per heavy atom. The first-order valence-electron chi connectivity index (χ1n) is 9.21. The molecule has 1 aromatic carbocycles. The molecule has 0 unspecified atom stereocenters. The third-order valence-electron chi connectivity index (χ3n) is 4.74. The number of anilines is 2. The lowest BCUT2D eigenvalue weighted by Crippen LogP contribution is -2.35. The van der Waals surface area contributed by atoms with Gasteiger partial charge in [0.1, 0.15) is 5.82 Å². The highest BCUT2D eigenvalue weighted by Gasteiger charge is 2.21. The van der Waals surface area contributed by atoms with E-state index in [0.29, 0.717) is 0 Å². The van der Waals surface area contributed by atoms with Crippen molar-refractivity contribution in [3.8, 4) is 0 Å². The largest absolute Gasteiger partial charge is 0.370 e. The van der Waals surface area contributed by atoms with Crippen LogP contribution in [0.1, 0.15) is 38.2 Å². The number of hydrogen-bond acceptors (Lipinski definition) is 4. The molecule has 1 N–H and O–H groups in total. The maximum absolute atomic E-state index is 4.68. The van der Waals surface area contributed by atoms with Gasteiger partial charge in [-0.3, -0.25) is 0 Å². The van der Waals surface area contributed by atoms with Crippen LogP contribution in [0.15, 0.2) is 42.6 Å². The van der Waals surface area contributed by atoms with Gasteiger partial charge in [0.15, 0.2) is 0 Å². The average Bonchev–Trinajstić information content (AvgIpc) is 2.64. The van der Waals surface area contributed by atoms with Crippen LogP contribution in [0.2, 0.25) is 0 Å². The van der Waals surface area contributed by atoms with Gasteiger partial charge in [0.2, 0.25) is 5.95 Å². The molecule has 0 aliphatic carbocycles. The van der Waals surface area contributed by atoms with E-state index >= 15 is 0 Å². The molecule has 2 aromatic rings. The Morgan fingerprint density at radius 3 is 2.67 bits per heavy atom. The van der Waals surface area contributed by atoms with E-state index in [1.54, 1.807) is 0 Å². The topological polar surface area (TPSA) is 41.1 Å². The Morgan fingerprint density at radius 1 is 1.12 bits per heavy atom. The highest BCUT2D eigenvalue weighted by molar-refractivity contribution is 5.41. The van der Waals surface area contributed by atoms with E-state index < -0.39 is 0 Å². The molecule has 1 aliphatic heterocycles. The Labute approximate surface area is 145 Å². The van der Waals surface area contributed by atoms with Crippen molar-refractivity contribution in [2.45, 2.75) is 39.0 Å². The van der Waals surface area contributed by atoms with Gasteiger partial charge in [0.05, 0.1) is 0 Å². The summed E-state index contributed by atoms with van der Waals surface area (Å²) in [6.45, 7) is 5.28. The molecule has 128 valence electrons. The fourth-order valence-corrected chi connectivity index (χ4v) is 3.28. The number of aromatic nitrogens is 2. The first-order valence-corrected chi connectivity index (χ1v) is 9.21. The third-order valence-corrected chi connectivity index (χ3v) is 4.74. The molecule has 2 heterocycles. The minimum atomic E-state index is 0.773. The van der Waals surface area contributed by atoms with Gasteiger partial charge in [-0.1, -0.05) is 43.7 Å². The van der Waals surface area contributed by atoms with E-state index in [-0.39, 0.29) is 0 Å². The lowest BCUT2D eigenvalue weighted by molar-refractivity contribution is 0.400. The first kappa shape index (κ1) is 16.7. The van der Waals surface area contributed by atoms with Crippen LogP contribution < -0.4 is 10.2 Å². The number of hydrogen-bond donors (Lipinski definition) is 1. The van der Waals surface area contributed by atoms with Crippen LogP contribution in [0.3, 0.4) is 0 Å². The predicted octanol–water partition coefficient (Wildman–Crippen LogP) is 4.15. The van der Waals surface area contributed by atoms with Crippen molar-refractivity contribution in [1.29, 1.82) is 0 Å². The van der Waals surface area contributed by atoms with Gasteiger partial charge in [0, 0.05) is 25.8 Å². The van der Waals surface area contributed by atoms with E-state index in [1.165, 1.54) is 37.7 Å². The minimum absolute atomic E-state index is 0.773. The van der Waals surface area contributed by atoms with Crippen LogP contribution in [-0.2, 0) is 6.42 Å². The summed E-state index contributed by atoms with van der Waals surface area (Å²) in [6, 6.07) is 12.8. The summed E-state index contributed by atoms with van der Waals surface area (Å²) < 4.78 is 0. The minimum Gasteiger partial charge on any atom is -0.370 e. The molecule has 0 spiro atoms. The summed E-state index contributed by atoms with van der Waals surface area (Å²) >= 11 is 0. The molecule has 1 saturated heterocycles. The van der Waals surface area contributed by atoms with Crippen molar-refractivity contribution < 1.29 is 0 Å². The van der Waals surface area contributed by atoms with Gasteiger partial charge in [0.25, 0.3) is 0 Å². The van der Waals surface area contributed by atoms with Gasteiger partial charge in [-0.05, 0) is 43.2 Å². The van der Waals surface area contributed by atoms with E-state index in [0.717, 1.165) is 37.3 Å². The quantitative estimate of drug-likeness (QED) is 0.777. The summed E-state index contributed by atoms with van der Waals surface area (Å²) in [7, 11) is 0. The maximum atomic E-state index is 4.68. The molecular weight excluding hydrogens is 296 g/mol. The van der Waals surface area contributed by atoms with Crippen molar-refractivity contribution in [3.63, 3.8) is 0 Å². The summed E-state index contributed by atoms with van der Waals surface area (Å²) in [5, 5.41) is 3.39. The van der Waals surface area contributed by atoms with Crippen molar-refractivity contribution in [1.82, 2.24) is 9.97 Å². The smallest absolute Gasteiger partial charge is 0.227 e. The normalized spacial score (nSPS) is 15.5. The molecule has 1 aromatic heterocycles. The number of benzene rings is 1. The lowest BCUT2D eigenvalue weighted by atomic mass is 9.90. The number of piperidine rings is 1. The van der Waals surface area contributed by atoms with E-state index in [9.17, 15) is 0 Å². The standard InChI is InChI=1S/C20H28N4/c1-2-3-12-21-19-9-13-22-20(23-19)24-14-10-18(11-15-24)16-17-7-5-4-6-8-17/h4-9,13,18H,2-3,10-12,14-16H2,1H3,(H,21,22,23).